The predicted octanol–water partition coefficient (Wildman–Crippen LogP) is 3.76. The molecule has 0 aliphatic carbocycles. The van der Waals surface area contributed by atoms with Crippen LogP contribution in [0.2, 0.25) is 0 Å². The van der Waals surface area contributed by atoms with Crippen molar-refractivity contribution in [3.05, 3.63) is 23.4 Å². The van der Waals surface area contributed by atoms with E-state index in [4.69, 9.17) is 0 Å². The summed E-state index contributed by atoms with van der Waals surface area (Å²) in [4.78, 5) is 7.20. The summed E-state index contributed by atoms with van der Waals surface area (Å²) in [5.41, 5.74) is 2.65. The van der Waals surface area contributed by atoms with Crippen molar-refractivity contribution in [2.75, 3.05) is 25.5 Å². The summed E-state index contributed by atoms with van der Waals surface area (Å²) in [6.07, 6.45) is 8.62. The van der Waals surface area contributed by atoms with Gasteiger partial charge >= 0.3 is 0 Å². The van der Waals surface area contributed by atoms with Crippen molar-refractivity contribution in [2.24, 2.45) is 0 Å². The number of aromatic nitrogens is 1. The van der Waals surface area contributed by atoms with E-state index in [0.717, 1.165) is 5.82 Å². The van der Waals surface area contributed by atoms with Crippen LogP contribution in [0.25, 0.3) is 0 Å². The molecule has 0 spiro atoms. The second-order valence-corrected chi connectivity index (χ2v) is 5.59. The van der Waals surface area contributed by atoms with Crippen molar-refractivity contribution in [1.29, 1.82) is 0 Å². The molecule has 2 heterocycles. The third-order valence-electron chi connectivity index (χ3n) is 4.13. The van der Waals surface area contributed by atoms with Gasteiger partial charge in [-0.05, 0) is 56.5 Å². The number of hydrogen-bond donors (Lipinski definition) is 1. The normalized spacial score (nSPS) is 20.5. The van der Waals surface area contributed by atoms with Crippen LogP contribution in [-0.4, -0.2) is 30.0 Å². The minimum atomic E-state index is 0.581. The topological polar surface area (TPSA) is 28.2 Å². The molecule has 0 bridgehead atoms. The minimum Gasteiger partial charge on any atom is -0.373 e. The van der Waals surface area contributed by atoms with Gasteiger partial charge in [-0.15, -0.1) is 0 Å². The Morgan fingerprint density at radius 3 is 2.95 bits per heavy atom. The maximum absolute atomic E-state index is 4.55. The molecule has 106 valence electrons. The van der Waals surface area contributed by atoms with Crippen LogP contribution in [0.4, 0.5) is 5.82 Å². The molecule has 0 amide bonds. The summed E-state index contributed by atoms with van der Waals surface area (Å²) >= 11 is 0. The average molecular weight is 261 g/mol. The maximum atomic E-state index is 4.55. The highest BCUT2D eigenvalue weighted by Gasteiger charge is 2.23. The fourth-order valence-electron chi connectivity index (χ4n) is 3.04. The first-order valence-corrected chi connectivity index (χ1v) is 7.64. The van der Waals surface area contributed by atoms with E-state index >= 15 is 0 Å². The summed E-state index contributed by atoms with van der Waals surface area (Å²) in [5, 5.41) is 3.15. The second-order valence-electron chi connectivity index (χ2n) is 5.59. The Labute approximate surface area is 117 Å². The fourth-order valence-corrected chi connectivity index (χ4v) is 3.04. The Bertz CT molecular complexity index is 403. The minimum absolute atomic E-state index is 0.581. The van der Waals surface area contributed by atoms with Crippen LogP contribution in [-0.2, 0) is 0 Å². The third kappa shape index (κ3) is 3.47. The van der Waals surface area contributed by atoms with Crippen LogP contribution in [0.1, 0.15) is 56.2 Å². The number of likely N-dealkylation sites (tertiary alicyclic amines) is 1. The van der Waals surface area contributed by atoms with Crippen LogP contribution >= 0.6 is 0 Å². The average Bonchev–Trinajstić information content (AvgIpc) is 2.45. The number of anilines is 1. The van der Waals surface area contributed by atoms with Crippen molar-refractivity contribution < 1.29 is 0 Å². The number of aryl methyl sites for hydroxylation is 1. The zero-order valence-corrected chi connectivity index (χ0v) is 12.6. The first-order valence-electron chi connectivity index (χ1n) is 7.64. The van der Waals surface area contributed by atoms with Gasteiger partial charge in [0, 0.05) is 19.3 Å². The molecule has 3 nitrogen and oxygen atoms in total. The first-order chi connectivity index (χ1) is 9.26. The van der Waals surface area contributed by atoms with Crippen LogP contribution in [0.3, 0.4) is 0 Å². The maximum Gasteiger partial charge on any atom is 0.128 e. The molecule has 3 heteroatoms. The van der Waals surface area contributed by atoms with Gasteiger partial charge in [-0.1, -0.05) is 19.8 Å². The van der Waals surface area contributed by atoms with E-state index in [1.54, 1.807) is 0 Å². The van der Waals surface area contributed by atoms with Crippen molar-refractivity contribution in [3.63, 3.8) is 0 Å². The lowest BCUT2D eigenvalue weighted by molar-refractivity contribution is 0.146. The van der Waals surface area contributed by atoms with Gasteiger partial charge < -0.3 is 5.32 Å². The van der Waals surface area contributed by atoms with Gasteiger partial charge in [0.05, 0.1) is 0 Å². The highest BCUT2D eigenvalue weighted by Crippen LogP contribution is 2.31. The molecule has 0 radical (unpaired) electrons. The molecule has 1 aromatic heterocycles. The fraction of sp³-hybridized carbons (Fsp3) is 0.688. The molecule has 1 atom stereocenters. The number of pyridine rings is 1. The third-order valence-corrected chi connectivity index (χ3v) is 4.13. The summed E-state index contributed by atoms with van der Waals surface area (Å²) in [6, 6.07) is 2.89. The van der Waals surface area contributed by atoms with Gasteiger partial charge in [0.2, 0.25) is 0 Å². The van der Waals surface area contributed by atoms with Crippen LogP contribution < -0.4 is 5.32 Å². The number of hydrogen-bond acceptors (Lipinski definition) is 3. The predicted molar refractivity (Wildman–Crippen MR) is 81.6 cm³/mol. The van der Waals surface area contributed by atoms with E-state index in [0.29, 0.717) is 6.04 Å². The summed E-state index contributed by atoms with van der Waals surface area (Å²) in [5.74, 6) is 1.000. The van der Waals surface area contributed by atoms with Gasteiger partial charge in [-0.25, -0.2) is 4.98 Å². The molecule has 0 saturated carbocycles. The largest absolute Gasteiger partial charge is 0.373 e. The van der Waals surface area contributed by atoms with Crippen LogP contribution in [0, 0.1) is 6.92 Å². The van der Waals surface area contributed by atoms with Crippen molar-refractivity contribution in [2.45, 2.75) is 52.0 Å². The Balaban J connectivity index is 2.14. The zero-order valence-electron chi connectivity index (χ0n) is 12.6. The van der Waals surface area contributed by atoms with E-state index in [9.17, 15) is 0 Å². The Kier molecular flexibility index (Phi) is 5.20. The van der Waals surface area contributed by atoms with E-state index in [2.05, 4.69) is 41.3 Å². The lowest BCUT2D eigenvalue weighted by atomic mass is 9.95. The molecule has 1 fully saturated rings. The smallest absolute Gasteiger partial charge is 0.128 e. The first kappa shape index (κ1) is 14.3. The van der Waals surface area contributed by atoms with Crippen molar-refractivity contribution in [3.8, 4) is 0 Å². The molecular formula is C16H27N3. The van der Waals surface area contributed by atoms with Gasteiger partial charge in [0.15, 0.2) is 0 Å². The highest BCUT2D eigenvalue weighted by atomic mass is 15.2. The number of rotatable bonds is 5. The zero-order chi connectivity index (χ0) is 13.7. The van der Waals surface area contributed by atoms with Gasteiger partial charge in [0.1, 0.15) is 5.82 Å². The number of nitrogens with one attached hydrogen (secondary N) is 1. The SMILES string of the molecule is CCCCN1CCCCC1c1cnc(NC)c(C)c1. The summed E-state index contributed by atoms with van der Waals surface area (Å²) < 4.78 is 0. The molecule has 1 aliphatic heterocycles. The van der Waals surface area contributed by atoms with Crippen molar-refractivity contribution in [1.82, 2.24) is 9.88 Å². The second kappa shape index (κ2) is 6.90. The molecule has 1 aromatic rings. The standard InChI is InChI=1S/C16H27N3/c1-4-5-9-19-10-7-6-8-15(19)14-11-13(2)16(17-3)18-12-14/h11-12,15H,4-10H2,1-3H3,(H,17,18). The van der Waals surface area contributed by atoms with Gasteiger partial charge in [-0.3, -0.25) is 4.90 Å². The lowest BCUT2D eigenvalue weighted by Gasteiger charge is -2.36. The van der Waals surface area contributed by atoms with Crippen LogP contribution in [0.5, 0.6) is 0 Å². The molecule has 1 N–H and O–H groups in total. The van der Waals surface area contributed by atoms with E-state index in [-0.39, 0.29) is 0 Å². The molecule has 1 saturated heterocycles. The van der Waals surface area contributed by atoms with Crippen molar-refractivity contribution >= 4 is 5.82 Å². The van der Waals surface area contributed by atoms with E-state index in [1.165, 1.54) is 56.3 Å². The van der Waals surface area contributed by atoms with Gasteiger partial charge in [-0.2, -0.15) is 0 Å². The molecule has 1 aliphatic rings. The Morgan fingerprint density at radius 2 is 2.26 bits per heavy atom. The molecule has 19 heavy (non-hydrogen) atoms. The monoisotopic (exact) mass is 261 g/mol. The summed E-state index contributed by atoms with van der Waals surface area (Å²) in [6.45, 7) is 6.89. The van der Waals surface area contributed by atoms with E-state index in [1.807, 2.05) is 7.05 Å². The Morgan fingerprint density at radius 1 is 1.42 bits per heavy atom. The Hall–Kier alpha value is -1.09. The van der Waals surface area contributed by atoms with Crippen LogP contribution in [0.15, 0.2) is 12.3 Å². The quantitative estimate of drug-likeness (QED) is 0.874. The van der Waals surface area contributed by atoms with Gasteiger partial charge in [0.25, 0.3) is 0 Å². The molecule has 1 unspecified atom stereocenters. The number of unbranched alkanes of at least 4 members (excludes halogenated alkanes) is 1. The lowest BCUT2D eigenvalue weighted by Crippen LogP contribution is -2.34. The molecule has 2 rings (SSSR count). The number of piperidine rings is 1. The molecular weight excluding hydrogens is 234 g/mol. The molecule has 0 aromatic carbocycles. The summed E-state index contributed by atoms with van der Waals surface area (Å²) in [7, 11) is 1.93. The highest BCUT2D eigenvalue weighted by molar-refractivity contribution is 5.44. The van der Waals surface area contributed by atoms with E-state index < -0.39 is 0 Å². The number of nitrogens with zero attached hydrogens (tertiary/aromatic N) is 2.